The Morgan fingerprint density at radius 1 is 1.26 bits per heavy atom. The zero-order chi connectivity index (χ0) is 16.6. The maximum atomic E-state index is 6.08. The minimum absolute atomic E-state index is 0.0906. The number of aromatic nitrogens is 2. The molecule has 3 aromatic rings. The highest BCUT2D eigenvalue weighted by Crippen LogP contribution is 2.31. The third-order valence-electron chi connectivity index (χ3n) is 4.37. The first-order chi connectivity index (χ1) is 10.9. The van der Waals surface area contributed by atoms with Crippen LogP contribution in [0.5, 0.6) is 0 Å². The highest BCUT2D eigenvalue weighted by molar-refractivity contribution is 7.09. The molecule has 122 valence electrons. The highest BCUT2D eigenvalue weighted by Gasteiger charge is 2.22. The molecule has 23 heavy (non-hydrogen) atoms. The zero-order valence-corrected chi connectivity index (χ0v) is 15.2. The van der Waals surface area contributed by atoms with Crippen LogP contribution in [0.15, 0.2) is 35.8 Å². The Hall–Kier alpha value is -1.65. The number of nitrogens with two attached hydrogens (primary N) is 1. The van der Waals surface area contributed by atoms with Gasteiger partial charge < -0.3 is 10.3 Å². The Morgan fingerprint density at radius 3 is 2.65 bits per heavy atom. The average Bonchev–Trinajstić information content (AvgIpc) is 3.11. The van der Waals surface area contributed by atoms with Crippen molar-refractivity contribution in [3.63, 3.8) is 0 Å². The molecule has 0 bridgehead atoms. The fourth-order valence-electron chi connectivity index (χ4n) is 2.94. The van der Waals surface area contributed by atoms with Gasteiger partial charge in [0.1, 0.15) is 0 Å². The van der Waals surface area contributed by atoms with Crippen LogP contribution in [-0.2, 0) is 18.9 Å². The lowest BCUT2D eigenvalue weighted by Crippen LogP contribution is -2.16. The summed E-state index contributed by atoms with van der Waals surface area (Å²) in [5.41, 5.74) is 9.96. The maximum Gasteiger partial charge on any atom is 0.0975 e. The molecule has 3 nitrogen and oxygen atoms in total. The third-order valence-corrected chi connectivity index (χ3v) is 5.38. The molecule has 3 rings (SSSR count). The Bertz CT molecular complexity index is 807. The van der Waals surface area contributed by atoms with Crippen LogP contribution in [0.25, 0.3) is 10.9 Å². The van der Waals surface area contributed by atoms with Crippen LogP contribution >= 0.6 is 11.3 Å². The molecule has 2 heterocycles. The van der Waals surface area contributed by atoms with Crippen molar-refractivity contribution < 1.29 is 0 Å². The summed E-state index contributed by atoms with van der Waals surface area (Å²) in [5.74, 6) is 0.280. The van der Waals surface area contributed by atoms with E-state index in [4.69, 9.17) is 10.7 Å². The largest absolute Gasteiger partial charge is 0.350 e. The third kappa shape index (κ3) is 3.19. The molecule has 2 aromatic heterocycles. The van der Waals surface area contributed by atoms with E-state index in [1.54, 1.807) is 11.3 Å². The van der Waals surface area contributed by atoms with Crippen LogP contribution in [-0.4, -0.2) is 16.1 Å². The molecule has 0 spiro atoms. The second kappa shape index (κ2) is 6.10. The van der Waals surface area contributed by atoms with Crippen LogP contribution in [0.2, 0.25) is 0 Å². The normalized spacial score (nSPS) is 13.6. The molecular formula is C19H25N3S. The second-order valence-electron chi connectivity index (χ2n) is 7.24. The number of hydrogen-bond acceptors (Lipinski definition) is 3. The van der Waals surface area contributed by atoms with Gasteiger partial charge in [-0.2, -0.15) is 0 Å². The minimum Gasteiger partial charge on any atom is -0.350 e. The molecule has 0 saturated carbocycles. The molecule has 1 unspecified atom stereocenters. The van der Waals surface area contributed by atoms with Crippen LogP contribution in [0.1, 0.15) is 43.0 Å². The van der Waals surface area contributed by atoms with Gasteiger partial charge in [-0.3, -0.25) is 0 Å². The van der Waals surface area contributed by atoms with Crippen LogP contribution in [0.3, 0.4) is 0 Å². The predicted octanol–water partition coefficient (Wildman–Crippen LogP) is 4.22. The standard InChI is InChI=1S/C19H25N3S/c1-19(2,3)17-12-23-18(21-17)13(10-20)9-14-11-22(4)16-8-6-5-7-15(14)16/h5-8,11-13H,9-10,20H2,1-4H3. The predicted molar refractivity (Wildman–Crippen MR) is 99.2 cm³/mol. The summed E-state index contributed by atoms with van der Waals surface area (Å²) in [6.07, 6.45) is 3.17. The lowest BCUT2D eigenvalue weighted by molar-refractivity contribution is 0.566. The molecule has 0 aliphatic rings. The SMILES string of the molecule is Cn1cc(CC(CN)c2nc(C(C)(C)C)cs2)c2ccccc21. The lowest BCUT2D eigenvalue weighted by Gasteiger charge is -2.15. The van der Waals surface area contributed by atoms with Gasteiger partial charge in [0.15, 0.2) is 0 Å². The highest BCUT2D eigenvalue weighted by atomic mass is 32.1. The number of fused-ring (bicyclic) bond motifs is 1. The minimum atomic E-state index is 0.0906. The van der Waals surface area contributed by atoms with Crippen molar-refractivity contribution in [3.05, 3.63) is 52.1 Å². The molecule has 0 amide bonds. The summed E-state index contributed by atoms with van der Waals surface area (Å²) in [6, 6.07) is 8.55. The Labute approximate surface area is 142 Å². The van der Waals surface area contributed by atoms with Gasteiger partial charge >= 0.3 is 0 Å². The Kier molecular flexibility index (Phi) is 4.30. The van der Waals surface area contributed by atoms with E-state index >= 15 is 0 Å². The number of nitrogens with zero attached hydrogens (tertiary/aromatic N) is 2. The fourth-order valence-corrected chi connectivity index (χ4v) is 4.11. The number of hydrogen-bond donors (Lipinski definition) is 1. The van der Waals surface area contributed by atoms with Crippen molar-refractivity contribution >= 4 is 22.2 Å². The van der Waals surface area contributed by atoms with Crippen molar-refractivity contribution in [2.75, 3.05) is 6.54 Å². The quantitative estimate of drug-likeness (QED) is 0.780. The van der Waals surface area contributed by atoms with Gasteiger partial charge in [0.2, 0.25) is 0 Å². The second-order valence-corrected chi connectivity index (χ2v) is 8.13. The fraction of sp³-hybridized carbons (Fsp3) is 0.421. The summed E-state index contributed by atoms with van der Waals surface area (Å²) >= 11 is 1.74. The van der Waals surface area contributed by atoms with Crippen LogP contribution in [0.4, 0.5) is 0 Å². The number of thiazole rings is 1. The van der Waals surface area contributed by atoms with Crippen molar-refractivity contribution in [2.24, 2.45) is 12.8 Å². The van der Waals surface area contributed by atoms with Gasteiger partial charge in [-0.1, -0.05) is 39.0 Å². The summed E-state index contributed by atoms with van der Waals surface area (Å²) < 4.78 is 2.20. The van der Waals surface area contributed by atoms with Gasteiger partial charge in [0.25, 0.3) is 0 Å². The zero-order valence-electron chi connectivity index (χ0n) is 14.3. The van der Waals surface area contributed by atoms with E-state index < -0.39 is 0 Å². The molecule has 4 heteroatoms. The summed E-state index contributed by atoms with van der Waals surface area (Å²) in [7, 11) is 2.10. The number of para-hydroxylation sites is 1. The lowest BCUT2D eigenvalue weighted by atomic mass is 9.93. The first-order valence-electron chi connectivity index (χ1n) is 8.09. The molecule has 0 saturated heterocycles. The van der Waals surface area contributed by atoms with Gasteiger partial charge in [-0.25, -0.2) is 4.98 Å². The van der Waals surface area contributed by atoms with Gasteiger partial charge in [0.05, 0.1) is 10.7 Å². The molecule has 1 atom stereocenters. The van der Waals surface area contributed by atoms with E-state index in [2.05, 4.69) is 68.2 Å². The van der Waals surface area contributed by atoms with E-state index in [0.717, 1.165) is 17.1 Å². The van der Waals surface area contributed by atoms with Gasteiger partial charge in [-0.05, 0) is 18.1 Å². The van der Waals surface area contributed by atoms with Gasteiger partial charge in [0, 0.05) is 47.4 Å². The number of rotatable bonds is 4. The molecule has 1 aromatic carbocycles. The van der Waals surface area contributed by atoms with Crippen molar-refractivity contribution in [1.29, 1.82) is 0 Å². The molecule has 0 aliphatic carbocycles. The van der Waals surface area contributed by atoms with E-state index in [9.17, 15) is 0 Å². The summed E-state index contributed by atoms with van der Waals surface area (Å²) in [5, 5.41) is 4.66. The van der Waals surface area contributed by atoms with Crippen LogP contribution < -0.4 is 5.73 Å². The topological polar surface area (TPSA) is 43.8 Å². The van der Waals surface area contributed by atoms with Crippen molar-refractivity contribution in [3.8, 4) is 0 Å². The van der Waals surface area contributed by atoms with E-state index in [0.29, 0.717) is 6.54 Å². The first-order valence-corrected chi connectivity index (χ1v) is 8.97. The Morgan fingerprint density at radius 2 is 2.00 bits per heavy atom. The van der Waals surface area contributed by atoms with Crippen molar-refractivity contribution in [1.82, 2.24) is 9.55 Å². The maximum absolute atomic E-state index is 6.08. The summed E-state index contributed by atoms with van der Waals surface area (Å²) in [6.45, 7) is 7.23. The molecular weight excluding hydrogens is 302 g/mol. The average molecular weight is 327 g/mol. The van der Waals surface area contributed by atoms with Gasteiger partial charge in [-0.15, -0.1) is 11.3 Å². The molecule has 0 radical (unpaired) electrons. The number of benzene rings is 1. The molecule has 0 aliphatic heterocycles. The van der Waals surface area contributed by atoms with Crippen molar-refractivity contribution in [2.45, 2.75) is 38.5 Å². The smallest absolute Gasteiger partial charge is 0.0975 e. The molecule has 0 fully saturated rings. The summed E-state index contributed by atoms with van der Waals surface area (Å²) in [4.78, 5) is 4.87. The van der Waals surface area contributed by atoms with Crippen LogP contribution in [0, 0.1) is 0 Å². The molecule has 2 N–H and O–H groups in total. The first kappa shape index (κ1) is 16.2. The monoisotopic (exact) mass is 327 g/mol. The van der Waals surface area contributed by atoms with E-state index in [-0.39, 0.29) is 11.3 Å². The Balaban J connectivity index is 1.91. The number of aryl methyl sites for hydroxylation is 1. The van der Waals surface area contributed by atoms with E-state index in [1.807, 2.05) is 0 Å². The van der Waals surface area contributed by atoms with E-state index in [1.165, 1.54) is 16.5 Å².